The van der Waals surface area contributed by atoms with E-state index in [9.17, 15) is 9.59 Å². The average Bonchev–Trinajstić information content (AvgIpc) is 3.17. The van der Waals surface area contributed by atoms with Gasteiger partial charge in [0.05, 0.1) is 12.2 Å². The molecule has 2 amide bonds. The Morgan fingerprint density at radius 1 is 1.09 bits per heavy atom. The predicted molar refractivity (Wildman–Crippen MR) is 136 cm³/mol. The first-order valence-corrected chi connectivity index (χ1v) is 12.8. The van der Waals surface area contributed by atoms with Crippen molar-refractivity contribution in [2.45, 2.75) is 110 Å². The number of anilines is 1. The Bertz CT molecular complexity index is 1070. The molecule has 1 N–H and O–H groups in total. The molecular weight excluding hydrogens is 424 g/mol. The van der Waals surface area contributed by atoms with Crippen molar-refractivity contribution < 1.29 is 9.59 Å². The average molecular weight is 465 g/mol. The number of carbonyl (C=O) groups excluding carboxylic acids is 2. The van der Waals surface area contributed by atoms with Crippen LogP contribution in [0.2, 0.25) is 0 Å². The lowest BCUT2D eigenvalue weighted by Crippen LogP contribution is -2.65. The van der Waals surface area contributed by atoms with Gasteiger partial charge in [0.1, 0.15) is 11.2 Å². The Morgan fingerprint density at radius 3 is 2.38 bits per heavy atom. The van der Waals surface area contributed by atoms with Crippen LogP contribution in [-0.2, 0) is 16.8 Å². The summed E-state index contributed by atoms with van der Waals surface area (Å²) >= 11 is 0. The van der Waals surface area contributed by atoms with Gasteiger partial charge >= 0.3 is 0 Å². The summed E-state index contributed by atoms with van der Waals surface area (Å²) in [6.45, 7) is 12.6. The molecule has 1 aliphatic carbocycles. The molecule has 184 valence electrons. The number of hydrogen-bond acceptors (Lipinski definition) is 3. The van der Waals surface area contributed by atoms with E-state index in [4.69, 9.17) is 5.10 Å². The third-order valence-electron chi connectivity index (χ3n) is 7.67. The Labute approximate surface area is 204 Å². The van der Waals surface area contributed by atoms with Crippen LogP contribution in [0.25, 0.3) is 0 Å². The van der Waals surface area contributed by atoms with Crippen molar-refractivity contribution in [1.29, 1.82) is 0 Å². The molecule has 6 nitrogen and oxygen atoms in total. The van der Waals surface area contributed by atoms with Crippen LogP contribution < -0.4 is 10.2 Å². The second-order valence-electron chi connectivity index (χ2n) is 11.5. The van der Waals surface area contributed by atoms with E-state index in [0.717, 1.165) is 48.2 Å². The minimum atomic E-state index is -1.08. The van der Waals surface area contributed by atoms with Gasteiger partial charge in [-0.05, 0) is 56.9 Å². The van der Waals surface area contributed by atoms with Crippen LogP contribution in [0.5, 0.6) is 0 Å². The van der Waals surface area contributed by atoms with E-state index in [1.165, 1.54) is 19.3 Å². The molecule has 1 unspecified atom stereocenters. The Balaban J connectivity index is 1.77. The van der Waals surface area contributed by atoms with Crippen molar-refractivity contribution >= 4 is 17.5 Å². The fourth-order valence-corrected chi connectivity index (χ4v) is 5.24. The van der Waals surface area contributed by atoms with Gasteiger partial charge in [0.15, 0.2) is 0 Å². The number of aryl methyl sites for hydroxylation is 1. The summed E-state index contributed by atoms with van der Waals surface area (Å²) in [4.78, 5) is 29.7. The smallest absolute Gasteiger partial charge is 0.277 e. The van der Waals surface area contributed by atoms with Crippen LogP contribution in [0.3, 0.4) is 0 Å². The van der Waals surface area contributed by atoms with Crippen LogP contribution in [0.15, 0.2) is 24.3 Å². The Hall–Kier alpha value is -2.63. The standard InChI is InChI=1S/C28H40N4O2/c1-19-13-12-16-22(20(19)2)32-25(33)23-17-24(27(3,4)5)30-31(23)18-28(32,6)26(34)29-21-14-10-8-7-9-11-15-21/h12-13,16-17,21H,7-11,14-15,18H2,1-6H3,(H,29,34). The molecule has 4 rings (SSSR count). The van der Waals surface area contributed by atoms with Gasteiger partial charge in [-0.2, -0.15) is 5.10 Å². The highest BCUT2D eigenvalue weighted by atomic mass is 16.2. The van der Waals surface area contributed by atoms with Gasteiger partial charge in [-0.15, -0.1) is 0 Å². The van der Waals surface area contributed by atoms with E-state index < -0.39 is 5.54 Å². The van der Waals surface area contributed by atoms with E-state index >= 15 is 0 Å². The van der Waals surface area contributed by atoms with E-state index in [1.54, 1.807) is 9.58 Å². The lowest BCUT2D eigenvalue weighted by Gasteiger charge is -2.44. The Morgan fingerprint density at radius 2 is 1.74 bits per heavy atom. The third-order valence-corrected chi connectivity index (χ3v) is 7.67. The molecule has 2 aliphatic rings. The van der Waals surface area contributed by atoms with Crippen molar-refractivity contribution in [2.75, 3.05) is 4.90 Å². The van der Waals surface area contributed by atoms with Gasteiger partial charge < -0.3 is 5.32 Å². The molecule has 1 fully saturated rings. The summed E-state index contributed by atoms with van der Waals surface area (Å²) in [5.41, 5.74) is 3.05. The first-order valence-electron chi connectivity index (χ1n) is 12.8. The van der Waals surface area contributed by atoms with Crippen molar-refractivity contribution in [3.63, 3.8) is 0 Å². The molecule has 0 radical (unpaired) electrons. The molecule has 0 spiro atoms. The number of rotatable bonds is 3. The summed E-state index contributed by atoms with van der Waals surface area (Å²) in [6, 6.07) is 8.01. The van der Waals surface area contributed by atoms with Crippen molar-refractivity contribution in [3.05, 3.63) is 46.8 Å². The molecule has 1 aromatic carbocycles. The van der Waals surface area contributed by atoms with Gasteiger partial charge in [0.2, 0.25) is 5.91 Å². The summed E-state index contributed by atoms with van der Waals surface area (Å²) in [5, 5.41) is 8.13. The molecule has 1 atom stereocenters. The maximum atomic E-state index is 14.0. The number of nitrogens with one attached hydrogen (secondary N) is 1. The highest BCUT2D eigenvalue weighted by Gasteiger charge is 2.50. The largest absolute Gasteiger partial charge is 0.351 e. The molecule has 1 saturated carbocycles. The first-order chi connectivity index (χ1) is 16.0. The van der Waals surface area contributed by atoms with Crippen molar-refractivity contribution in [1.82, 2.24) is 15.1 Å². The first kappa shape index (κ1) is 24.5. The van der Waals surface area contributed by atoms with E-state index in [0.29, 0.717) is 12.2 Å². The molecule has 0 saturated heterocycles. The van der Waals surface area contributed by atoms with Gasteiger partial charge in [0.25, 0.3) is 5.91 Å². The molecule has 2 heterocycles. The maximum Gasteiger partial charge on any atom is 0.277 e. The van der Waals surface area contributed by atoms with Gasteiger partial charge in [0, 0.05) is 17.1 Å². The van der Waals surface area contributed by atoms with Crippen LogP contribution in [0, 0.1) is 13.8 Å². The number of aromatic nitrogens is 2. The van der Waals surface area contributed by atoms with E-state index in [2.05, 4.69) is 26.1 Å². The summed E-state index contributed by atoms with van der Waals surface area (Å²) in [5.74, 6) is -0.260. The fourth-order valence-electron chi connectivity index (χ4n) is 5.24. The number of amides is 2. The third kappa shape index (κ3) is 4.51. The second-order valence-corrected chi connectivity index (χ2v) is 11.5. The van der Waals surface area contributed by atoms with E-state index in [1.807, 2.05) is 45.0 Å². The SMILES string of the molecule is Cc1cccc(N2C(=O)c3cc(C(C)(C)C)nn3CC2(C)C(=O)NC2CCCCCCC2)c1C. The number of fused-ring (bicyclic) bond motifs is 1. The predicted octanol–water partition coefficient (Wildman–Crippen LogP) is 5.45. The van der Waals surface area contributed by atoms with Crippen LogP contribution in [0.4, 0.5) is 5.69 Å². The number of benzene rings is 1. The monoisotopic (exact) mass is 464 g/mol. The number of nitrogens with zero attached hydrogens (tertiary/aromatic N) is 3. The van der Waals surface area contributed by atoms with E-state index in [-0.39, 0.29) is 23.3 Å². The van der Waals surface area contributed by atoms with Crippen LogP contribution >= 0.6 is 0 Å². The fraction of sp³-hybridized carbons (Fsp3) is 0.607. The summed E-state index contributed by atoms with van der Waals surface area (Å²) < 4.78 is 1.75. The maximum absolute atomic E-state index is 14.0. The minimum Gasteiger partial charge on any atom is -0.351 e. The quantitative estimate of drug-likeness (QED) is 0.657. The minimum absolute atomic E-state index is 0.0919. The molecule has 1 aromatic heterocycles. The molecule has 6 heteroatoms. The second kappa shape index (κ2) is 9.20. The summed E-state index contributed by atoms with van der Waals surface area (Å²) in [7, 11) is 0. The zero-order valence-electron chi connectivity index (χ0n) is 21.7. The van der Waals surface area contributed by atoms with Crippen LogP contribution in [-0.4, -0.2) is 33.2 Å². The lowest BCUT2D eigenvalue weighted by atomic mass is 9.90. The zero-order valence-corrected chi connectivity index (χ0v) is 21.7. The van der Waals surface area contributed by atoms with Gasteiger partial charge in [-0.1, -0.05) is 65.0 Å². The van der Waals surface area contributed by atoms with Gasteiger partial charge in [-0.25, -0.2) is 0 Å². The number of carbonyl (C=O) groups is 2. The Kier molecular flexibility index (Phi) is 6.63. The van der Waals surface area contributed by atoms with Crippen molar-refractivity contribution in [3.8, 4) is 0 Å². The molecule has 1 aliphatic heterocycles. The molecular formula is C28H40N4O2. The topological polar surface area (TPSA) is 67.2 Å². The number of hydrogen-bond donors (Lipinski definition) is 1. The van der Waals surface area contributed by atoms with Crippen LogP contribution in [0.1, 0.15) is 99.9 Å². The zero-order chi connectivity index (χ0) is 24.7. The highest BCUT2D eigenvalue weighted by molar-refractivity contribution is 6.12. The van der Waals surface area contributed by atoms with Crippen molar-refractivity contribution in [2.24, 2.45) is 0 Å². The molecule has 34 heavy (non-hydrogen) atoms. The molecule has 2 aromatic rings. The summed E-state index contributed by atoms with van der Waals surface area (Å²) in [6.07, 6.45) is 8.01. The lowest BCUT2D eigenvalue weighted by molar-refractivity contribution is -0.127. The highest BCUT2D eigenvalue weighted by Crippen LogP contribution is 2.37. The van der Waals surface area contributed by atoms with Gasteiger partial charge in [-0.3, -0.25) is 19.2 Å². The normalized spacial score (nSPS) is 22.2. The molecule has 0 bridgehead atoms.